The van der Waals surface area contributed by atoms with Gasteiger partial charge in [0.15, 0.2) is 0 Å². The highest BCUT2D eigenvalue weighted by Crippen LogP contribution is 2.87. The third-order valence-electron chi connectivity index (χ3n) is 6.66. The maximum absolute atomic E-state index is 2.62. The van der Waals surface area contributed by atoms with Gasteiger partial charge < -0.3 is 0 Å². The van der Waals surface area contributed by atoms with Crippen LogP contribution in [-0.2, 0) is 0 Å². The van der Waals surface area contributed by atoms with Crippen LogP contribution in [0.4, 0.5) is 0 Å². The van der Waals surface area contributed by atoms with Crippen LogP contribution in [0.1, 0.15) is 86.0 Å². The van der Waals surface area contributed by atoms with Crippen molar-refractivity contribution >= 4 is 0 Å². The smallest absolute Gasteiger partial charge is 0.0153 e. The summed E-state index contributed by atoms with van der Waals surface area (Å²) in [6.45, 7) is 12.3. The lowest BCUT2D eigenvalue weighted by Gasteiger charge is -2.42. The van der Waals surface area contributed by atoms with Crippen molar-refractivity contribution in [3.05, 3.63) is 0 Å². The average molecular weight is 250 g/mol. The summed E-state index contributed by atoms with van der Waals surface area (Å²) in [4.78, 5) is 0. The van der Waals surface area contributed by atoms with Crippen LogP contribution < -0.4 is 0 Å². The number of fused-ring (bicyclic) bond motifs is 1. The van der Waals surface area contributed by atoms with E-state index in [4.69, 9.17) is 0 Å². The summed E-state index contributed by atoms with van der Waals surface area (Å²) in [7, 11) is 0. The molecule has 106 valence electrons. The van der Waals surface area contributed by atoms with Gasteiger partial charge in [0.1, 0.15) is 0 Å². The third-order valence-corrected chi connectivity index (χ3v) is 6.66. The Hall–Kier alpha value is 0. The molecule has 0 heterocycles. The lowest BCUT2D eigenvalue weighted by Crippen LogP contribution is -2.35. The fourth-order valence-corrected chi connectivity index (χ4v) is 6.06. The van der Waals surface area contributed by atoms with E-state index in [2.05, 4.69) is 34.6 Å². The van der Waals surface area contributed by atoms with Gasteiger partial charge in [0, 0.05) is 0 Å². The molecule has 0 nitrogen and oxygen atoms in total. The van der Waals surface area contributed by atoms with Crippen molar-refractivity contribution in [2.75, 3.05) is 0 Å². The van der Waals surface area contributed by atoms with Crippen molar-refractivity contribution in [3.8, 4) is 0 Å². The van der Waals surface area contributed by atoms with Crippen LogP contribution in [0.15, 0.2) is 0 Å². The van der Waals surface area contributed by atoms with Crippen molar-refractivity contribution in [1.29, 1.82) is 0 Å². The molecule has 2 aliphatic carbocycles. The van der Waals surface area contributed by atoms with Gasteiger partial charge in [0.2, 0.25) is 0 Å². The molecule has 0 bridgehead atoms. The van der Waals surface area contributed by atoms with Gasteiger partial charge in [-0.05, 0) is 47.8 Å². The minimum Gasteiger partial charge on any atom is -0.0654 e. The van der Waals surface area contributed by atoms with Crippen LogP contribution in [0.2, 0.25) is 0 Å². The summed E-state index contributed by atoms with van der Waals surface area (Å²) >= 11 is 0. The summed E-state index contributed by atoms with van der Waals surface area (Å²) in [5, 5.41) is 0. The minimum absolute atomic E-state index is 0.717. The Kier molecular flexibility index (Phi) is 4.14. The molecule has 0 aromatic heterocycles. The van der Waals surface area contributed by atoms with Crippen LogP contribution in [-0.4, -0.2) is 0 Å². The standard InChI is InChI=1S/C18H34/c1-6-9-11-15-13-16-17(5,12-8-3)18(15,16)14(4)10-7-2/h14-16H,6-13H2,1-5H3. The Morgan fingerprint density at radius 2 is 1.83 bits per heavy atom. The highest BCUT2D eigenvalue weighted by Gasteiger charge is 2.82. The Bertz CT molecular complexity index is 282. The number of hydrogen-bond acceptors (Lipinski definition) is 0. The van der Waals surface area contributed by atoms with Crippen molar-refractivity contribution in [2.45, 2.75) is 86.0 Å². The Labute approximate surface area is 115 Å². The van der Waals surface area contributed by atoms with Crippen molar-refractivity contribution in [1.82, 2.24) is 0 Å². The molecule has 0 aliphatic heterocycles. The van der Waals surface area contributed by atoms with E-state index in [0.29, 0.717) is 0 Å². The predicted octanol–water partition coefficient (Wildman–Crippen LogP) is 6.06. The van der Waals surface area contributed by atoms with Gasteiger partial charge >= 0.3 is 0 Å². The second-order valence-corrected chi connectivity index (χ2v) is 7.42. The van der Waals surface area contributed by atoms with Gasteiger partial charge in [-0.1, -0.05) is 66.7 Å². The van der Waals surface area contributed by atoms with E-state index in [0.717, 1.165) is 28.6 Å². The SMILES string of the molecule is CCCCC1CC2C(C)(CCC)C12C(C)CCC. The monoisotopic (exact) mass is 250 g/mol. The van der Waals surface area contributed by atoms with E-state index in [1.54, 1.807) is 6.42 Å². The molecule has 0 radical (unpaired) electrons. The average Bonchev–Trinajstić information content (AvgIpc) is 2.70. The van der Waals surface area contributed by atoms with Gasteiger partial charge in [0.25, 0.3) is 0 Å². The second kappa shape index (κ2) is 5.17. The molecule has 2 aliphatic rings. The molecule has 0 spiro atoms. The van der Waals surface area contributed by atoms with Crippen molar-refractivity contribution in [3.63, 3.8) is 0 Å². The number of hydrogen-bond donors (Lipinski definition) is 0. The lowest BCUT2D eigenvalue weighted by molar-refractivity contribution is 0.0610. The first-order chi connectivity index (χ1) is 8.59. The first-order valence-corrected chi connectivity index (χ1v) is 8.59. The molecular weight excluding hydrogens is 216 g/mol. The van der Waals surface area contributed by atoms with E-state index >= 15 is 0 Å². The number of rotatable bonds is 8. The zero-order valence-corrected chi connectivity index (χ0v) is 13.4. The van der Waals surface area contributed by atoms with Crippen LogP contribution in [0.3, 0.4) is 0 Å². The quantitative estimate of drug-likeness (QED) is 0.491. The lowest BCUT2D eigenvalue weighted by atomic mass is 9.62. The Morgan fingerprint density at radius 3 is 2.39 bits per heavy atom. The largest absolute Gasteiger partial charge is 0.0654 e. The molecular formula is C18H34. The van der Waals surface area contributed by atoms with Gasteiger partial charge in [0.05, 0.1) is 0 Å². The molecule has 0 saturated heterocycles. The van der Waals surface area contributed by atoms with E-state index < -0.39 is 0 Å². The predicted molar refractivity (Wildman–Crippen MR) is 80.6 cm³/mol. The van der Waals surface area contributed by atoms with Gasteiger partial charge in [-0.2, -0.15) is 0 Å². The third kappa shape index (κ3) is 1.70. The van der Waals surface area contributed by atoms with E-state index in [-0.39, 0.29) is 0 Å². The summed E-state index contributed by atoms with van der Waals surface area (Å²) in [6.07, 6.45) is 11.6. The van der Waals surface area contributed by atoms with Crippen LogP contribution in [0, 0.1) is 28.6 Å². The van der Waals surface area contributed by atoms with Crippen LogP contribution in [0.5, 0.6) is 0 Å². The molecule has 5 unspecified atom stereocenters. The summed E-state index contributed by atoms with van der Waals surface area (Å²) in [6, 6.07) is 0. The highest BCUT2D eigenvalue weighted by molar-refractivity contribution is 5.29. The first kappa shape index (κ1) is 14.4. The van der Waals surface area contributed by atoms with Crippen molar-refractivity contribution in [2.24, 2.45) is 28.6 Å². The molecule has 2 saturated carbocycles. The fourth-order valence-electron chi connectivity index (χ4n) is 6.06. The molecule has 0 amide bonds. The van der Waals surface area contributed by atoms with Crippen molar-refractivity contribution < 1.29 is 0 Å². The maximum atomic E-state index is 2.62. The molecule has 2 fully saturated rings. The molecule has 18 heavy (non-hydrogen) atoms. The normalized spacial score (nSPS) is 43.2. The Morgan fingerprint density at radius 1 is 1.11 bits per heavy atom. The van der Waals surface area contributed by atoms with Crippen LogP contribution in [0.25, 0.3) is 0 Å². The number of unbranched alkanes of at least 4 members (excludes halogenated alkanes) is 1. The molecule has 5 atom stereocenters. The highest BCUT2D eigenvalue weighted by atomic mass is 14.9. The summed E-state index contributed by atoms with van der Waals surface area (Å²) < 4.78 is 0. The molecule has 0 aromatic carbocycles. The Balaban J connectivity index is 2.09. The van der Waals surface area contributed by atoms with Crippen LogP contribution >= 0.6 is 0 Å². The second-order valence-electron chi connectivity index (χ2n) is 7.42. The van der Waals surface area contributed by atoms with Gasteiger partial charge in [-0.15, -0.1) is 0 Å². The van der Waals surface area contributed by atoms with E-state index in [9.17, 15) is 0 Å². The van der Waals surface area contributed by atoms with E-state index in [1.807, 2.05) is 0 Å². The molecule has 0 aromatic rings. The van der Waals surface area contributed by atoms with Gasteiger partial charge in [-0.3, -0.25) is 0 Å². The summed E-state index contributed by atoms with van der Waals surface area (Å²) in [5.41, 5.74) is 1.49. The zero-order valence-electron chi connectivity index (χ0n) is 13.4. The van der Waals surface area contributed by atoms with Gasteiger partial charge in [-0.25, -0.2) is 0 Å². The van der Waals surface area contributed by atoms with E-state index in [1.165, 1.54) is 44.9 Å². The first-order valence-electron chi connectivity index (χ1n) is 8.59. The molecule has 0 N–H and O–H groups in total. The molecule has 0 heteroatoms. The fraction of sp³-hybridized carbons (Fsp3) is 1.00. The summed E-state index contributed by atoms with van der Waals surface area (Å²) in [5.74, 6) is 3.13. The minimum atomic E-state index is 0.717. The zero-order chi connectivity index (χ0) is 13.4. The molecule has 2 rings (SSSR count). The topological polar surface area (TPSA) is 0 Å². The maximum Gasteiger partial charge on any atom is -0.0153 e.